The van der Waals surface area contributed by atoms with Crippen molar-refractivity contribution >= 4 is 18.2 Å². The average Bonchev–Trinajstić information content (AvgIpc) is 3.19. The third-order valence-corrected chi connectivity index (χ3v) is 7.41. The highest BCUT2D eigenvalue weighted by molar-refractivity contribution is 5.72. The van der Waals surface area contributed by atoms with Crippen LogP contribution in [0.3, 0.4) is 0 Å². The van der Waals surface area contributed by atoms with Crippen molar-refractivity contribution in [3.8, 4) is 11.4 Å². The average molecular weight is 629 g/mol. The summed E-state index contributed by atoms with van der Waals surface area (Å²) >= 11 is 0. The number of halogens is 3. The molecule has 1 atom stereocenters. The first-order valence-corrected chi connectivity index (χ1v) is 14.6. The van der Waals surface area contributed by atoms with Crippen molar-refractivity contribution in [2.24, 2.45) is 0 Å². The van der Waals surface area contributed by atoms with Crippen LogP contribution in [0.1, 0.15) is 61.8 Å². The SMILES string of the molecule is CC(=O)Oc1cc(CC(F)(F)F)ccc1-n1nc2c3c1CCN(C(=O)OC(C)(C)C)C3CN(C(=O)OCc1ccccc1)CC2. The van der Waals surface area contributed by atoms with Gasteiger partial charge in [0.1, 0.15) is 17.9 Å². The maximum Gasteiger partial charge on any atom is 0.410 e. The number of esters is 1. The monoisotopic (exact) mass is 628 g/mol. The van der Waals surface area contributed by atoms with Crippen LogP contribution in [0.25, 0.3) is 5.69 Å². The third-order valence-electron chi connectivity index (χ3n) is 7.41. The first-order chi connectivity index (χ1) is 21.2. The van der Waals surface area contributed by atoms with E-state index in [9.17, 15) is 27.6 Å². The molecule has 45 heavy (non-hydrogen) atoms. The van der Waals surface area contributed by atoms with Crippen LogP contribution in [0.5, 0.6) is 5.75 Å². The van der Waals surface area contributed by atoms with Crippen molar-refractivity contribution in [2.45, 2.75) is 71.4 Å². The zero-order valence-corrected chi connectivity index (χ0v) is 25.5. The molecule has 0 saturated carbocycles. The fraction of sp³-hybridized carbons (Fsp3) is 0.438. The number of carbonyl (C=O) groups is 3. The molecule has 13 heteroatoms. The minimum atomic E-state index is -4.45. The fourth-order valence-electron chi connectivity index (χ4n) is 5.62. The molecule has 2 amide bonds. The number of hydrogen-bond donors (Lipinski definition) is 0. The van der Waals surface area contributed by atoms with Gasteiger partial charge in [0.05, 0.1) is 23.9 Å². The minimum Gasteiger partial charge on any atom is -0.445 e. The molecule has 3 heterocycles. The van der Waals surface area contributed by atoms with Gasteiger partial charge >= 0.3 is 24.3 Å². The lowest BCUT2D eigenvalue weighted by atomic mass is 9.96. The number of rotatable bonds is 5. The zero-order valence-electron chi connectivity index (χ0n) is 25.5. The number of carbonyl (C=O) groups excluding carboxylic acids is 3. The molecule has 0 radical (unpaired) electrons. The maximum atomic E-state index is 13.4. The van der Waals surface area contributed by atoms with Gasteiger partial charge in [-0.3, -0.25) is 9.69 Å². The highest BCUT2D eigenvalue weighted by atomic mass is 19.4. The highest BCUT2D eigenvalue weighted by Gasteiger charge is 2.42. The first-order valence-electron chi connectivity index (χ1n) is 14.6. The molecule has 5 rings (SSSR count). The molecular formula is C32H35F3N4O6. The summed E-state index contributed by atoms with van der Waals surface area (Å²) in [7, 11) is 0. The largest absolute Gasteiger partial charge is 0.445 e. The number of hydrogen-bond acceptors (Lipinski definition) is 7. The van der Waals surface area contributed by atoms with Crippen molar-refractivity contribution in [2.75, 3.05) is 19.6 Å². The first kappa shape index (κ1) is 31.9. The normalized spacial score (nSPS) is 16.5. The number of amides is 2. The Balaban J connectivity index is 1.51. The molecule has 2 aliphatic rings. The molecule has 0 saturated heterocycles. The van der Waals surface area contributed by atoms with E-state index < -0.39 is 42.4 Å². The van der Waals surface area contributed by atoms with Gasteiger partial charge in [-0.15, -0.1) is 0 Å². The summed E-state index contributed by atoms with van der Waals surface area (Å²) in [6, 6.07) is 12.6. The molecule has 2 aliphatic heterocycles. The molecule has 0 spiro atoms. The summed E-state index contributed by atoms with van der Waals surface area (Å²) in [5.41, 5.74) is 2.33. The van der Waals surface area contributed by atoms with E-state index >= 15 is 0 Å². The Labute approximate surface area is 258 Å². The number of ether oxygens (including phenoxy) is 3. The van der Waals surface area contributed by atoms with E-state index in [2.05, 4.69) is 0 Å². The van der Waals surface area contributed by atoms with E-state index in [4.69, 9.17) is 19.3 Å². The van der Waals surface area contributed by atoms with Gasteiger partial charge in [-0.25, -0.2) is 14.3 Å². The lowest BCUT2D eigenvalue weighted by molar-refractivity contribution is -0.131. The van der Waals surface area contributed by atoms with Crippen LogP contribution >= 0.6 is 0 Å². The summed E-state index contributed by atoms with van der Waals surface area (Å²) in [5.74, 6) is -0.753. The van der Waals surface area contributed by atoms with Crippen LogP contribution in [0.4, 0.5) is 22.8 Å². The summed E-state index contributed by atoms with van der Waals surface area (Å²) in [6.45, 7) is 7.14. The second-order valence-corrected chi connectivity index (χ2v) is 12.1. The van der Waals surface area contributed by atoms with E-state index in [1.165, 1.54) is 25.1 Å². The number of benzene rings is 2. The molecule has 1 unspecified atom stereocenters. The number of aromatic nitrogens is 2. The van der Waals surface area contributed by atoms with Gasteiger partial charge in [-0.1, -0.05) is 36.4 Å². The van der Waals surface area contributed by atoms with E-state index in [-0.39, 0.29) is 37.6 Å². The molecule has 10 nitrogen and oxygen atoms in total. The standard InChI is InChI=1S/C32H35F3N4O6/c1-20(40)44-27-16-22(17-32(33,34)35)10-11-24(27)39-25-13-15-38(30(42)45-31(2,3)4)26-18-37(14-12-23(36-39)28(25)26)29(41)43-19-21-8-6-5-7-9-21/h5-11,16,26H,12-15,17-19H2,1-4H3. The summed E-state index contributed by atoms with van der Waals surface area (Å²) < 4.78 is 57.7. The Kier molecular flexibility index (Phi) is 8.81. The summed E-state index contributed by atoms with van der Waals surface area (Å²) in [4.78, 5) is 41.7. The molecule has 1 aromatic heterocycles. The van der Waals surface area contributed by atoms with E-state index in [1.54, 1.807) is 35.3 Å². The van der Waals surface area contributed by atoms with Gasteiger partial charge in [0.15, 0.2) is 5.75 Å². The van der Waals surface area contributed by atoms with Crippen LogP contribution in [0, 0.1) is 0 Å². The lowest BCUT2D eigenvalue weighted by Crippen LogP contribution is -2.47. The van der Waals surface area contributed by atoms with E-state index in [0.717, 1.165) is 11.1 Å². The Morgan fingerprint density at radius 3 is 2.36 bits per heavy atom. The van der Waals surface area contributed by atoms with Crippen molar-refractivity contribution < 1.29 is 41.8 Å². The Morgan fingerprint density at radius 1 is 0.956 bits per heavy atom. The van der Waals surface area contributed by atoms with Gasteiger partial charge in [0, 0.05) is 45.0 Å². The van der Waals surface area contributed by atoms with E-state index in [0.29, 0.717) is 29.9 Å². The van der Waals surface area contributed by atoms with Gasteiger partial charge in [-0.05, 0) is 44.0 Å². The predicted molar refractivity (Wildman–Crippen MR) is 156 cm³/mol. The summed E-state index contributed by atoms with van der Waals surface area (Å²) in [6.07, 6.45) is -6.06. The Bertz CT molecular complexity index is 1580. The van der Waals surface area contributed by atoms with E-state index in [1.807, 2.05) is 30.3 Å². The van der Waals surface area contributed by atoms with Crippen molar-refractivity contribution in [3.63, 3.8) is 0 Å². The van der Waals surface area contributed by atoms with Gasteiger partial charge in [0.25, 0.3) is 0 Å². The number of alkyl halides is 3. The fourth-order valence-corrected chi connectivity index (χ4v) is 5.62. The quantitative estimate of drug-likeness (QED) is 0.255. The zero-order chi connectivity index (χ0) is 32.5. The van der Waals surface area contributed by atoms with Crippen LogP contribution < -0.4 is 4.74 Å². The molecular weight excluding hydrogens is 593 g/mol. The molecule has 0 fully saturated rings. The topological polar surface area (TPSA) is 103 Å². The molecule has 3 aromatic rings. The van der Waals surface area contributed by atoms with Crippen LogP contribution in [-0.2, 0) is 40.1 Å². The van der Waals surface area contributed by atoms with Crippen molar-refractivity contribution in [3.05, 3.63) is 76.6 Å². The number of nitrogens with zero attached hydrogens (tertiary/aromatic N) is 4. The Hall–Kier alpha value is -4.55. The molecule has 0 N–H and O–H groups in total. The second-order valence-electron chi connectivity index (χ2n) is 12.1. The molecule has 0 aliphatic carbocycles. The van der Waals surface area contributed by atoms with Crippen LogP contribution in [0.2, 0.25) is 0 Å². The third kappa shape index (κ3) is 7.58. The van der Waals surface area contributed by atoms with Gasteiger partial charge in [-0.2, -0.15) is 18.3 Å². The van der Waals surface area contributed by atoms with Crippen LogP contribution in [-0.4, -0.2) is 69.1 Å². The van der Waals surface area contributed by atoms with Gasteiger partial charge < -0.3 is 19.1 Å². The predicted octanol–water partition coefficient (Wildman–Crippen LogP) is 5.93. The van der Waals surface area contributed by atoms with Crippen molar-refractivity contribution in [1.29, 1.82) is 0 Å². The lowest BCUT2D eigenvalue weighted by Gasteiger charge is -2.38. The summed E-state index contributed by atoms with van der Waals surface area (Å²) in [5, 5.41) is 4.82. The second kappa shape index (κ2) is 12.4. The minimum absolute atomic E-state index is 0.0598. The smallest absolute Gasteiger partial charge is 0.410 e. The molecule has 0 bridgehead atoms. The Morgan fingerprint density at radius 2 is 1.69 bits per heavy atom. The molecule has 2 aromatic carbocycles. The molecule has 240 valence electrons. The highest BCUT2D eigenvalue weighted by Crippen LogP contribution is 2.39. The van der Waals surface area contributed by atoms with Crippen molar-refractivity contribution in [1.82, 2.24) is 19.6 Å². The van der Waals surface area contributed by atoms with Crippen LogP contribution in [0.15, 0.2) is 48.5 Å². The maximum absolute atomic E-state index is 13.4. The van der Waals surface area contributed by atoms with Gasteiger partial charge in [0.2, 0.25) is 0 Å².